The molecule has 0 aliphatic rings. The summed E-state index contributed by atoms with van der Waals surface area (Å²) in [5.41, 5.74) is 0. The molecule has 9 heteroatoms. The van der Waals surface area contributed by atoms with Crippen molar-refractivity contribution in [1.29, 1.82) is 0 Å². The number of unbranched alkanes of at least 4 members (excludes halogenated alkanes) is 48. The molecule has 0 aliphatic carbocycles. The summed E-state index contributed by atoms with van der Waals surface area (Å²) in [6.07, 6.45) is 78.5. The summed E-state index contributed by atoms with van der Waals surface area (Å²) in [4.78, 5) is 23.5. The van der Waals surface area contributed by atoms with E-state index in [1.54, 1.807) is 0 Å². The highest BCUT2D eigenvalue weighted by Crippen LogP contribution is 2.43. The minimum absolute atomic E-state index is 0.0773. The number of quaternary nitrogens is 1. The van der Waals surface area contributed by atoms with Gasteiger partial charge < -0.3 is 19.8 Å². The van der Waals surface area contributed by atoms with E-state index in [1.165, 1.54) is 289 Å². The maximum Gasteiger partial charge on any atom is 0.472 e. The number of carbonyl (C=O) groups excluding carboxylic acids is 1. The second kappa shape index (κ2) is 60.6. The van der Waals surface area contributed by atoms with Crippen LogP contribution in [0.5, 0.6) is 0 Å². The molecule has 0 aliphatic heterocycles. The summed E-state index contributed by atoms with van der Waals surface area (Å²) in [7, 11) is 1.63. The summed E-state index contributed by atoms with van der Waals surface area (Å²) in [6.45, 7) is 4.94. The molecule has 8 nitrogen and oxygen atoms in total. The Morgan fingerprint density at radius 2 is 0.731 bits per heavy atom. The van der Waals surface area contributed by atoms with Gasteiger partial charge in [0, 0.05) is 6.42 Å². The van der Waals surface area contributed by atoms with E-state index in [1.807, 2.05) is 21.1 Å². The zero-order valence-corrected chi connectivity index (χ0v) is 54.1. The fourth-order valence-electron chi connectivity index (χ4n) is 10.8. The minimum Gasteiger partial charge on any atom is -0.391 e. The topological polar surface area (TPSA) is 105 Å². The lowest BCUT2D eigenvalue weighted by Crippen LogP contribution is -2.46. The average molecular weight is 1120 g/mol. The third-order valence-electron chi connectivity index (χ3n) is 16.2. The average Bonchev–Trinajstić information content (AvgIpc) is 3.41. The van der Waals surface area contributed by atoms with E-state index in [0.717, 1.165) is 44.9 Å². The van der Waals surface area contributed by atoms with Gasteiger partial charge in [0.25, 0.3) is 0 Å². The number of nitrogens with zero attached hydrogens (tertiary/aromatic N) is 1. The lowest BCUT2D eigenvalue weighted by atomic mass is 10.0. The number of allylic oxidation sites excluding steroid dienone is 4. The summed E-state index contributed by atoms with van der Waals surface area (Å²) in [5.74, 6) is -0.137. The van der Waals surface area contributed by atoms with Crippen molar-refractivity contribution in [3.8, 4) is 0 Å². The van der Waals surface area contributed by atoms with E-state index in [9.17, 15) is 19.4 Å². The Bertz CT molecular complexity index is 1320. The van der Waals surface area contributed by atoms with Gasteiger partial charge in [0.2, 0.25) is 5.91 Å². The van der Waals surface area contributed by atoms with Crippen LogP contribution in [0.15, 0.2) is 24.3 Å². The van der Waals surface area contributed by atoms with E-state index in [-0.39, 0.29) is 19.1 Å². The standard InChI is InChI=1S/C69H137N2O6P/c1-6-8-10-12-14-16-18-20-22-24-26-28-30-32-34-35-37-39-41-43-45-47-49-51-53-55-57-59-61-63-69(73)70-67(66-77-78(74,75)76-65-64-71(3,4)5)68(72)62-60-58-56-54-52-50-48-46-44-42-40-38-36-33-31-29-27-25-23-21-19-17-15-13-11-9-7-2/h18,20,24,26,67-68,72H,6-17,19,21-23,25,27-66H2,1-5H3,(H-,70,73,74,75)/p+1/b20-18-,26-24-. The molecule has 0 saturated heterocycles. The van der Waals surface area contributed by atoms with E-state index in [2.05, 4.69) is 43.5 Å². The molecule has 0 bridgehead atoms. The predicted molar refractivity (Wildman–Crippen MR) is 342 cm³/mol. The lowest BCUT2D eigenvalue weighted by Gasteiger charge is -2.26. The summed E-state index contributed by atoms with van der Waals surface area (Å²) in [6, 6.07) is -0.760. The molecule has 3 atom stereocenters. The maximum atomic E-state index is 13.1. The van der Waals surface area contributed by atoms with Crippen LogP contribution in [-0.4, -0.2) is 73.4 Å². The number of aliphatic hydroxyl groups excluding tert-OH is 1. The molecule has 0 aromatic rings. The quantitative estimate of drug-likeness (QED) is 0.0243. The van der Waals surface area contributed by atoms with Crippen molar-refractivity contribution in [2.45, 2.75) is 373 Å². The van der Waals surface area contributed by atoms with E-state index >= 15 is 0 Å². The van der Waals surface area contributed by atoms with Crippen LogP contribution in [0.2, 0.25) is 0 Å². The van der Waals surface area contributed by atoms with Crippen LogP contribution in [-0.2, 0) is 18.4 Å². The molecule has 0 heterocycles. The zero-order chi connectivity index (χ0) is 57.0. The molecule has 0 aromatic carbocycles. The first-order valence-electron chi connectivity index (χ1n) is 34.7. The molecular weight excluding hydrogens is 984 g/mol. The first-order valence-corrected chi connectivity index (χ1v) is 36.2. The van der Waals surface area contributed by atoms with Gasteiger partial charge in [0.05, 0.1) is 39.9 Å². The Morgan fingerprint density at radius 1 is 0.436 bits per heavy atom. The first kappa shape index (κ1) is 77.0. The van der Waals surface area contributed by atoms with Crippen LogP contribution in [0.4, 0.5) is 0 Å². The van der Waals surface area contributed by atoms with Crippen molar-refractivity contribution in [3.05, 3.63) is 24.3 Å². The summed E-state index contributed by atoms with van der Waals surface area (Å²) < 4.78 is 23.9. The van der Waals surface area contributed by atoms with Crippen LogP contribution < -0.4 is 5.32 Å². The second-order valence-electron chi connectivity index (χ2n) is 25.3. The Balaban J connectivity index is 4.02. The lowest BCUT2D eigenvalue weighted by molar-refractivity contribution is -0.870. The van der Waals surface area contributed by atoms with Crippen LogP contribution in [0.1, 0.15) is 361 Å². The number of nitrogens with one attached hydrogen (secondary N) is 1. The van der Waals surface area contributed by atoms with Crippen LogP contribution in [0, 0.1) is 0 Å². The van der Waals surface area contributed by atoms with Crippen molar-refractivity contribution in [3.63, 3.8) is 0 Å². The van der Waals surface area contributed by atoms with Crippen LogP contribution in [0.25, 0.3) is 0 Å². The molecule has 0 spiro atoms. The minimum atomic E-state index is -4.33. The van der Waals surface area contributed by atoms with Crippen molar-refractivity contribution in [1.82, 2.24) is 5.32 Å². The maximum absolute atomic E-state index is 13.1. The molecule has 3 N–H and O–H groups in total. The van der Waals surface area contributed by atoms with E-state index in [4.69, 9.17) is 9.05 Å². The molecule has 0 aromatic heterocycles. The van der Waals surface area contributed by atoms with Crippen molar-refractivity contribution >= 4 is 13.7 Å². The fraction of sp³-hybridized carbons (Fsp3) is 0.928. The van der Waals surface area contributed by atoms with Gasteiger partial charge in [0.1, 0.15) is 13.2 Å². The molecule has 0 saturated carbocycles. The number of hydrogen-bond donors (Lipinski definition) is 3. The van der Waals surface area contributed by atoms with Gasteiger partial charge in [0.15, 0.2) is 0 Å². The predicted octanol–water partition coefficient (Wildman–Crippen LogP) is 21.9. The number of carbonyl (C=O) groups is 1. The van der Waals surface area contributed by atoms with Crippen molar-refractivity contribution < 1.29 is 32.9 Å². The van der Waals surface area contributed by atoms with Crippen molar-refractivity contribution in [2.75, 3.05) is 40.9 Å². The molecule has 3 unspecified atom stereocenters. The van der Waals surface area contributed by atoms with Crippen molar-refractivity contribution in [2.24, 2.45) is 0 Å². The molecule has 78 heavy (non-hydrogen) atoms. The first-order chi connectivity index (χ1) is 38.0. The van der Waals surface area contributed by atoms with Gasteiger partial charge in [-0.25, -0.2) is 4.57 Å². The zero-order valence-electron chi connectivity index (χ0n) is 53.2. The Kier molecular flexibility index (Phi) is 59.8. The molecule has 1 amide bonds. The molecular formula is C69H138N2O6P+. The van der Waals surface area contributed by atoms with Gasteiger partial charge in [-0.3, -0.25) is 13.8 Å². The Labute approximate surface area is 487 Å². The summed E-state index contributed by atoms with van der Waals surface area (Å²) >= 11 is 0. The van der Waals surface area contributed by atoms with Gasteiger partial charge in [-0.15, -0.1) is 0 Å². The molecule has 0 radical (unpaired) electrons. The molecule has 0 rings (SSSR count). The highest BCUT2D eigenvalue weighted by molar-refractivity contribution is 7.47. The van der Waals surface area contributed by atoms with Crippen LogP contribution >= 0.6 is 7.82 Å². The number of phosphoric acid groups is 1. The Hall–Kier alpha value is -1.02. The largest absolute Gasteiger partial charge is 0.472 e. The number of amides is 1. The fourth-order valence-corrected chi connectivity index (χ4v) is 11.5. The highest BCUT2D eigenvalue weighted by Gasteiger charge is 2.28. The third kappa shape index (κ3) is 62.6. The van der Waals surface area contributed by atoms with Gasteiger partial charge in [-0.1, -0.05) is 334 Å². The van der Waals surface area contributed by atoms with E-state index < -0.39 is 20.0 Å². The van der Waals surface area contributed by atoms with E-state index in [0.29, 0.717) is 23.9 Å². The summed E-state index contributed by atoms with van der Waals surface area (Å²) in [5, 5.41) is 14.2. The smallest absolute Gasteiger partial charge is 0.391 e. The van der Waals surface area contributed by atoms with Gasteiger partial charge in [-0.2, -0.15) is 0 Å². The Morgan fingerprint density at radius 3 is 1.05 bits per heavy atom. The highest BCUT2D eigenvalue weighted by atomic mass is 31.2. The number of aliphatic hydroxyl groups is 1. The van der Waals surface area contributed by atoms with Crippen LogP contribution in [0.3, 0.4) is 0 Å². The third-order valence-corrected chi connectivity index (χ3v) is 17.2. The number of rotatable bonds is 65. The second-order valence-corrected chi connectivity index (χ2v) is 26.7. The number of phosphoric ester groups is 1. The normalized spacial score (nSPS) is 13.8. The SMILES string of the molecule is CCCCCCC/C=C\C/C=C\CCCCCCCCCCCCCCCCCCCC(=O)NC(COP(=O)(O)OCC[N+](C)(C)C)C(O)CCCCCCCCCCCCCCCCCCCCCCCCCCCCC. The van der Waals surface area contributed by atoms with Gasteiger partial charge >= 0.3 is 7.82 Å². The number of hydrogen-bond acceptors (Lipinski definition) is 5. The molecule has 0 fully saturated rings. The number of likely N-dealkylation sites (N-methyl/N-ethyl adjacent to an activating group) is 1. The molecule has 464 valence electrons. The van der Waals surface area contributed by atoms with Gasteiger partial charge in [-0.05, 0) is 44.9 Å². The monoisotopic (exact) mass is 1120 g/mol.